The number of para-hydroxylation sites is 1. The van der Waals surface area contributed by atoms with Gasteiger partial charge in [-0.25, -0.2) is 4.98 Å². The number of nitrogens with one attached hydrogen (secondary N) is 1. The van der Waals surface area contributed by atoms with Crippen LogP contribution in [0, 0.1) is 6.92 Å². The Hall–Kier alpha value is -2.76. The lowest BCUT2D eigenvalue weighted by Crippen LogP contribution is -2.40. The highest BCUT2D eigenvalue weighted by atomic mass is 16.2. The first kappa shape index (κ1) is 17.1. The van der Waals surface area contributed by atoms with E-state index in [4.69, 9.17) is 0 Å². The van der Waals surface area contributed by atoms with Crippen molar-refractivity contribution in [3.63, 3.8) is 0 Å². The SMILES string of the molecule is CCc1nc(C)c(CCC(=O)N2CC(=O)Cc3ccccc32)c(=O)[nH]1. The molecule has 2 aromatic rings. The Balaban J connectivity index is 1.78. The average Bonchev–Trinajstić information content (AvgIpc) is 2.59. The lowest BCUT2D eigenvalue weighted by atomic mass is 10.00. The van der Waals surface area contributed by atoms with Gasteiger partial charge in [0.2, 0.25) is 5.91 Å². The third-order valence-electron chi connectivity index (χ3n) is 4.50. The summed E-state index contributed by atoms with van der Waals surface area (Å²) in [5.41, 5.74) is 2.66. The van der Waals surface area contributed by atoms with Crippen molar-refractivity contribution in [2.75, 3.05) is 11.4 Å². The molecule has 1 aliphatic rings. The van der Waals surface area contributed by atoms with Gasteiger partial charge in [0.05, 0.1) is 6.54 Å². The van der Waals surface area contributed by atoms with Crippen molar-refractivity contribution < 1.29 is 9.59 Å². The summed E-state index contributed by atoms with van der Waals surface area (Å²) in [4.78, 5) is 45.4. The van der Waals surface area contributed by atoms with Crippen LogP contribution in [0.15, 0.2) is 29.1 Å². The number of fused-ring (bicyclic) bond motifs is 1. The van der Waals surface area contributed by atoms with Gasteiger partial charge in [-0.15, -0.1) is 0 Å². The molecule has 3 rings (SSSR count). The van der Waals surface area contributed by atoms with Crippen molar-refractivity contribution >= 4 is 17.4 Å². The van der Waals surface area contributed by atoms with Crippen molar-refractivity contribution in [2.24, 2.45) is 0 Å². The highest BCUT2D eigenvalue weighted by Gasteiger charge is 2.26. The molecule has 2 heterocycles. The normalized spacial score (nSPS) is 13.7. The third-order valence-corrected chi connectivity index (χ3v) is 4.50. The van der Waals surface area contributed by atoms with Gasteiger partial charge in [0, 0.05) is 36.2 Å². The third kappa shape index (κ3) is 3.52. The first-order valence-electron chi connectivity index (χ1n) is 8.48. The predicted molar refractivity (Wildman–Crippen MR) is 94.8 cm³/mol. The van der Waals surface area contributed by atoms with Crippen LogP contribution in [0.1, 0.15) is 36.0 Å². The van der Waals surface area contributed by atoms with Crippen LogP contribution in [0.2, 0.25) is 0 Å². The number of carbonyl (C=O) groups excluding carboxylic acids is 2. The number of Topliss-reactive ketones (excluding diaryl/α,β-unsaturated/α-hetero) is 1. The number of aromatic nitrogens is 2. The number of nitrogens with zero attached hydrogens (tertiary/aromatic N) is 2. The summed E-state index contributed by atoms with van der Waals surface area (Å²) in [6.45, 7) is 3.80. The maximum atomic E-state index is 12.7. The number of anilines is 1. The van der Waals surface area contributed by atoms with Crippen LogP contribution < -0.4 is 10.5 Å². The first-order chi connectivity index (χ1) is 12.0. The van der Waals surface area contributed by atoms with Crippen LogP contribution >= 0.6 is 0 Å². The second kappa shape index (κ2) is 7.01. The van der Waals surface area contributed by atoms with E-state index >= 15 is 0 Å². The Morgan fingerprint density at radius 3 is 2.76 bits per heavy atom. The largest absolute Gasteiger partial charge is 0.310 e. The van der Waals surface area contributed by atoms with E-state index < -0.39 is 0 Å². The molecule has 1 N–H and O–H groups in total. The van der Waals surface area contributed by atoms with Gasteiger partial charge in [-0.2, -0.15) is 0 Å². The van der Waals surface area contributed by atoms with Crippen LogP contribution in [0.4, 0.5) is 5.69 Å². The van der Waals surface area contributed by atoms with Gasteiger partial charge in [0.1, 0.15) is 5.82 Å². The Morgan fingerprint density at radius 1 is 1.28 bits per heavy atom. The molecule has 0 unspecified atom stereocenters. The van der Waals surface area contributed by atoms with Gasteiger partial charge in [-0.3, -0.25) is 14.4 Å². The van der Waals surface area contributed by atoms with Gasteiger partial charge in [-0.05, 0) is 25.0 Å². The minimum absolute atomic E-state index is 0.0232. The van der Waals surface area contributed by atoms with E-state index in [1.54, 1.807) is 6.92 Å². The Labute approximate surface area is 145 Å². The van der Waals surface area contributed by atoms with Gasteiger partial charge >= 0.3 is 0 Å². The molecule has 1 aromatic heterocycles. The fourth-order valence-electron chi connectivity index (χ4n) is 3.17. The van der Waals surface area contributed by atoms with E-state index in [0.29, 0.717) is 36.3 Å². The quantitative estimate of drug-likeness (QED) is 0.919. The van der Waals surface area contributed by atoms with Crippen molar-refractivity contribution in [3.8, 4) is 0 Å². The molecule has 130 valence electrons. The number of hydrogen-bond acceptors (Lipinski definition) is 4. The fourth-order valence-corrected chi connectivity index (χ4v) is 3.17. The smallest absolute Gasteiger partial charge is 0.254 e. The fraction of sp³-hybridized carbons (Fsp3) is 0.368. The molecule has 0 saturated carbocycles. The molecule has 0 aliphatic carbocycles. The molecule has 25 heavy (non-hydrogen) atoms. The van der Waals surface area contributed by atoms with E-state index in [9.17, 15) is 14.4 Å². The summed E-state index contributed by atoms with van der Waals surface area (Å²) in [5.74, 6) is 0.516. The van der Waals surface area contributed by atoms with E-state index in [-0.39, 0.29) is 30.2 Å². The van der Waals surface area contributed by atoms with Gasteiger partial charge in [0.25, 0.3) is 5.56 Å². The number of amides is 1. The number of ketones is 1. The average molecular weight is 339 g/mol. The lowest BCUT2D eigenvalue weighted by molar-refractivity contribution is -0.122. The van der Waals surface area contributed by atoms with Crippen molar-refractivity contribution in [1.82, 2.24) is 9.97 Å². The summed E-state index contributed by atoms with van der Waals surface area (Å²) in [5, 5.41) is 0. The Morgan fingerprint density at radius 2 is 2.04 bits per heavy atom. The molecule has 0 fully saturated rings. The number of aromatic amines is 1. The molecular formula is C19H21N3O3. The second-order valence-electron chi connectivity index (χ2n) is 6.25. The van der Waals surface area contributed by atoms with Crippen molar-refractivity contribution in [2.45, 2.75) is 39.5 Å². The van der Waals surface area contributed by atoms with Crippen molar-refractivity contribution in [3.05, 3.63) is 57.3 Å². The maximum Gasteiger partial charge on any atom is 0.254 e. The zero-order valence-electron chi connectivity index (χ0n) is 14.5. The second-order valence-corrected chi connectivity index (χ2v) is 6.25. The predicted octanol–water partition coefficient (Wildman–Crippen LogP) is 1.73. The monoisotopic (exact) mass is 339 g/mol. The molecule has 1 aromatic carbocycles. The van der Waals surface area contributed by atoms with E-state index in [1.165, 1.54) is 4.90 Å². The van der Waals surface area contributed by atoms with Crippen molar-refractivity contribution in [1.29, 1.82) is 0 Å². The molecule has 6 heteroatoms. The number of carbonyl (C=O) groups is 2. The molecule has 0 atom stereocenters. The van der Waals surface area contributed by atoms with E-state index in [0.717, 1.165) is 11.3 Å². The number of benzene rings is 1. The maximum absolute atomic E-state index is 12.7. The minimum atomic E-state index is -0.188. The van der Waals surface area contributed by atoms with Crippen LogP contribution in [-0.4, -0.2) is 28.2 Å². The number of hydrogen-bond donors (Lipinski definition) is 1. The van der Waals surface area contributed by atoms with Crippen LogP contribution in [0.3, 0.4) is 0 Å². The summed E-state index contributed by atoms with van der Waals surface area (Å²) in [6.07, 6.45) is 1.49. The highest BCUT2D eigenvalue weighted by Crippen LogP contribution is 2.26. The molecule has 0 radical (unpaired) electrons. The summed E-state index contributed by atoms with van der Waals surface area (Å²) in [6, 6.07) is 7.45. The van der Waals surface area contributed by atoms with Gasteiger partial charge < -0.3 is 9.88 Å². The molecule has 1 amide bonds. The van der Waals surface area contributed by atoms with Gasteiger partial charge in [-0.1, -0.05) is 25.1 Å². The van der Waals surface area contributed by atoms with Crippen LogP contribution in [0.25, 0.3) is 0 Å². The molecule has 6 nitrogen and oxygen atoms in total. The van der Waals surface area contributed by atoms with Gasteiger partial charge in [0.15, 0.2) is 5.78 Å². The molecular weight excluding hydrogens is 318 g/mol. The van der Waals surface area contributed by atoms with Crippen LogP contribution in [0.5, 0.6) is 0 Å². The molecule has 1 aliphatic heterocycles. The Kier molecular flexibility index (Phi) is 4.79. The highest BCUT2D eigenvalue weighted by molar-refractivity contribution is 6.03. The number of aryl methyl sites for hydroxylation is 2. The zero-order valence-corrected chi connectivity index (χ0v) is 14.5. The molecule has 0 spiro atoms. The summed E-state index contributed by atoms with van der Waals surface area (Å²) in [7, 11) is 0. The minimum Gasteiger partial charge on any atom is -0.310 e. The Bertz CT molecular complexity index is 886. The molecule has 0 saturated heterocycles. The zero-order chi connectivity index (χ0) is 18.0. The standard InChI is InChI=1S/C19H21N3O3/c1-3-17-20-12(2)15(19(25)21-17)8-9-18(24)22-11-14(23)10-13-6-4-5-7-16(13)22/h4-7H,3,8-11H2,1-2H3,(H,20,21,25). The topological polar surface area (TPSA) is 83.1 Å². The summed E-state index contributed by atoms with van der Waals surface area (Å²) >= 11 is 0. The number of H-pyrrole nitrogens is 1. The number of rotatable bonds is 4. The van der Waals surface area contributed by atoms with E-state index in [2.05, 4.69) is 9.97 Å². The van der Waals surface area contributed by atoms with E-state index in [1.807, 2.05) is 31.2 Å². The first-order valence-corrected chi connectivity index (χ1v) is 8.48. The summed E-state index contributed by atoms with van der Waals surface area (Å²) < 4.78 is 0. The molecule has 0 bridgehead atoms. The lowest BCUT2D eigenvalue weighted by Gasteiger charge is -2.28. The van der Waals surface area contributed by atoms with Crippen LogP contribution in [-0.2, 0) is 28.9 Å².